The molecule has 1 heterocycles. The van der Waals surface area contributed by atoms with Crippen LogP contribution in [0.1, 0.15) is 12.5 Å². The predicted octanol–water partition coefficient (Wildman–Crippen LogP) is 4.55. The molecular formula is C25H22ClN3O5. The van der Waals surface area contributed by atoms with E-state index in [0.717, 1.165) is 4.90 Å². The van der Waals surface area contributed by atoms with E-state index in [4.69, 9.17) is 21.1 Å². The van der Waals surface area contributed by atoms with Gasteiger partial charge in [0.05, 0.1) is 12.1 Å². The molecule has 0 aliphatic carbocycles. The molecule has 1 atom stereocenters. The molecule has 174 valence electrons. The summed E-state index contributed by atoms with van der Waals surface area (Å²) in [6.07, 6.45) is 0. The number of rotatable bonds is 7. The lowest BCUT2D eigenvalue weighted by atomic mass is 9.92. The number of carbonyl (C=O) groups is 3. The van der Waals surface area contributed by atoms with Gasteiger partial charge in [-0.25, -0.2) is 4.79 Å². The van der Waals surface area contributed by atoms with Gasteiger partial charge in [0.25, 0.3) is 5.91 Å². The Balaban J connectivity index is 1.39. The average molecular weight is 480 g/mol. The van der Waals surface area contributed by atoms with E-state index in [0.29, 0.717) is 33.5 Å². The highest BCUT2D eigenvalue weighted by atomic mass is 35.5. The van der Waals surface area contributed by atoms with E-state index in [9.17, 15) is 14.4 Å². The molecule has 0 spiro atoms. The van der Waals surface area contributed by atoms with Crippen LogP contribution in [0.25, 0.3) is 0 Å². The summed E-state index contributed by atoms with van der Waals surface area (Å²) < 4.78 is 10.9. The van der Waals surface area contributed by atoms with Crippen molar-refractivity contribution in [3.8, 4) is 17.2 Å². The van der Waals surface area contributed by atoms with Crippen molar-refractivity contribution < 1.29 is 23.9 Å². The number of nitrogens with zero attached hydrogens (tertiary/aromatic N) is 1. The molecule has 4 amide bonds. The van der Waals surface area contributed by atoms with Gasteiger partial charge in [-0.3, -0.25) is 14.5 Å². The number of para-hydroxylation sites is 1. The molecule has 9 heteroatoms. The van der Waals surface area contributed by atoms with E-state index in [1.165, 1.54) is 0 Å². The number of carbonyl (C=O) groups excluding carboxylic acids is 3. The van der Waals surface area contributed by atoms with Crippen molar-refractivity contribution in [2.45, 2.75) is 12.5 Å². The number of anilines is 1. The second-order valence-corrected chi connectivity index (χ2v) is 8.19. The van der Waals surface area contributed by atoms with Gasteiger partial charge in [-0.15, -0.1) is 0 Å². The standard InChI is InChI=1S/C25H22ClN3O5/c1-25(16-7-11-18(33-2)12-8-16)23(31)29(24(32)28-25)15-22(30)27-17-9-13-19(14-10-17)34-21-6-4-3-5-20(21)26/h3-14H,15H2,1-2H3,(H,27,30)(H,28,32). The molecule has 0 bridgehead atoms. The summed E-state index contributed by atoms with van der Waals surface area (Å²) in [7, 11) is 1.54. The van der Waals surface area contributed by atoms with Crippen molar-refractivity contribution in [2.24, 2.45) is 0 Å². The van der Waals surface area contributed by atoms with Crippen molar-refractivity contribution in [1.82, 2.24) is 10.2 Å². The van der Waals surface area contributed by atoms with Crippen molar-refractivity contribution in [1.29, 1.82) is 0 Å². The first-order valence-electron chi connectivity index (χ1n) is 10.4. The third-order valence-corrected chi connectivity index (χ3v) is 5.76. The minimum atomic E-state index is -1.28. The molecule has 1 aliphatic rings. The van der Waals surface area contributed by atoms with Crippen molar-refractivity contribution in [3.63, 3.8) is 0 Å². The van der Waals surface area contributed by atoms with Crippen molar-refractivity contribution in [2.75, 3.05) is 19.0 Å². The summed E-state index contributed by atoms with van der Waals surface area (Å²) in [5.74, 6) is 0.655. The molecule has 0 aromatic heterocycles. The number of hydrogen-bond donors (Lipinski definition) is 2. The second-order valence-electron chi connectivity index (χ2n) is 7.78. The first-order chi connectivity index (χ1) is 16.3. The molecule has 1 fully saturated rings. The first-order valence-corrected chi connectivity index (χ1v) is 10.8. The van der Waals surface area contributed by atoms with E-state index in [1.807, 2.05) is 6.07 Å². The quantitative estimate of drug-likeness (QED) is 0.485. The van der Waals surface area contributed by atoms with Crippen LogP contribution >= 0.6 is 11.6 Å². The summed E-state index contributed by atoms with van der Waals surface area (Å²) in [6, 6.07) is 19.9. The molecule has 8 nitrogen and oxygen atoms in total. The van der Waals surface area contributed by atoms with Gasteiger partial charge in [0.2, 0.25) is 5.91 Å². The highest BCUT2D eigenvalue weighted by molar-refractivity contribution is 6.32. The molecule has 0 radical (unpaired) electrons. The third-order valence-electron chi connectivity index (χ3n) is 5.45. The molecule has 3 aromatic rings. The largest absolute Gasteiger partial charge is 0.497 e. The lowest BCUT2D eigenvalue weighted by Crippen LogP contribution is -2.42. The minimum Gasteiger partial charge on any atom is -0.497 e. The zero-order valence-electron chi connectivity index (χ0n) is 18.5. The number of urea groups is 1. The first kappa shape index (κ1) is 23.1. The van der Waals surface area contributed by atoms with Gasteiger partial charge in [-0.2, -0.15) is 0 Å². The molecule has 1 saturated heterocycles. The SMILES string of the molecule is COc1ccc(C2(C)NC(=O)N(CC(=O)Nc3ccc(Oc4ccccc4Cl)cc3)C2=O)cc1. The lowest BCUT2D eigenvalue weighted by molar-refractivity contribution is -0.133. The Bertz CT molecular complexity index is 1230. The maximum absolute atomic E-state index is 13.0. The van der Waals surface area contributed by atoms with Gasteiger partial charge in [0.15, 0.2) is 0 Å². The van der Waals surface area contributed by atoms with E-state index < -0.39 is 29.9 Å². The summed E-state index contributed by atoms with van der Waals surface area (Å²) >= 11 is 6.10. The minimum absolute atomic E-state index is 0.422. The van der Waals surface area contributed by atoms with E-state index in [1.54, 1.807) is 80.8 Å². The van der Waals surface area contributed by atoms with E-state index in [2.05, 4.69) is 10.6 Å². The number of benzene rings is 3. The van der Waals surface area contributed by atoms with Crippen LogP contribution in [0.5, 0.6) is 17.2 Å². The molecule has 0 saturated carbocycles. The number of ether oxygens (including phenoxy) is 2. The van der Waals surface area contributed by atoms with Crippen LogP contribution in [-0.2, 0) is 15.1 Å². The average Bonchev–Trinajstić information content (AvgIpc) is 3.05. The smallest absolute Gasteiger partial charge is 0.325 e. The van der Waals surface area contributed by atoms with Gasteiger partial charge in [-0.05, 0) is 61.0 Å². The van der Waals surface area contributed by atoms with Gasteiger partial charge >= 0.3 is 6.03 Å². The molecule has 1 aliphatic heterocycles. The Morgan fingerprint density at radius 2 is 1.65 bits per heavy atom. The van der Waals surface area contributed by atoms with Crippen LogP contribution in [0.2, 0.25) is 5.02 Å². The molecule has 2 N–H and O–H groups in total. The van der Waals surface area contributed by atoms with Crippen LogP contribution in [-0.4, -0.2) is 36.4 Å². The van der Waals surface area contributed by atoms with Gasteiger partial charge in [0, 0.05) is 5.69 Å². The summed E-state index contributed by atoms with van der Waals surface area (Å²) in [5.41, 5.74) is -0.202. The summed E-state index contributed by atoms with van der Waals surface area (Å²) in [4.78, 5) is 39.0. The molecule has 1 unspecified atom stereocenters. The predicted molar refractivity (Wildman–Crippen MR) is 127 cm³/mol. The third kappa shape index (κ3) is 4.67. The monoisotopic (exact) mass is 479 g/mol. The van der Waals surface area contributed by atoms with E-state index >= 15 is 0 Å². The fourth-order valence-corrected chi connectivity index (χ4v) is 3.74. The van der Waals surface area contributed by atoms with Gasteiger partial charge in [-0.1, -0.05) is 35.9 Å². The highest BCUT2D eigenvalue weighted by Crippen LogP contribution is 2.31. The highest BCUT2D eigenvalue weighted by Gasteiger charge is 2.49. The normalized spacial score (nSPS) is 17.3. The second kappa shape index (κ2) is 9.44. The Morgan fingerprint density at radius 1 is 1.00 bits per heavy atom. The fraction of sp³-hybridized carbons (Fsp3) is 0.160. The lowest BCUT2D eigenvalue weighted by Gasteiger charge is -2.22. The number of halogens is 1. The van der Waals surface area contributed by atoms with Crippen molar-refractivity contribution >= 4 is 35.1 Å². The number of imide groups is 1. The number of methoxy groups -OCH3 is 1. The Morgan fingerprint density at radius 3 is 2.29 bits per heavy atom. The number of nitrogens with one attached hydrogen (secondary N) is 2. The summed E-state index contributed by atoms with van der Waals surface area (Å²) in [6.45, 7) is 1.18. The Labute approximate surface area is 201 Å². The van der Waals surface area contributed by atoms with Crippen LogP contribution in [0.3, 0.4) is 0 Å². The Hall–Kier alpha value is -4.04. The summed E-state index contributed by atoms with van der Waals surface area (Å²) in [5, 5.41) is 5.84. The van der Waals surface area contributed by atoms with Crippen LogP contribution in [0, 0.1) is 0 Å². The van der Waals surface area contributed by atoms with Crippen molar-refractivity contribution in [3.05, 3.63) is 83.4 Å². The van der Waals surface area contributed by atoms with E-state index in [-0.39, 0.29) is 0 Å². The molecule has 3 aromatic carbocycles. The Kier molecular flexibility index (Phi) is 6.43. The molecule has 4 rings (SSSR count). The van der Waals surface area contributed by atoms with Crippen LogP contribution in [0.4, 0.5) is 10.5 Å². The van der Waals surface area contributed by atoms with Crippen LogP contribution < -0.4 is 20.1 Å². The zero-order valence-corrected chi connectivity index (χ0v) is 19.3. The fourth-order valence-electron chi connectivity index (χ4n) is 3.57. The topological polar surface area (TPSA) is 97.0 Å². The molecular weight excluding hydrogens is 458 g/mol. The van der Waals surface area contributed by atoms with Crippen LogP contribution in [0.15, 0.2) is 72.8 Å². The molecule has 34 heavy (non-hydrogen) atoms. The van der Waals surface area contributed by atoms with Gasteiger partial charge in [0.1, 0.15) is 29.3 Å². The maximum atomic E-state index is 13.0. The number of hydrogen-bond acceptors (Lipinski definition) is 5. The maximum Gasteiger partial charge on any atom is 0.325 e. The zero-order chi connectivity index (χ0) is 24.3. The van der Waals surface area contributed by atoms with Gasteiger partial charge < -0.3 is 20.1 Å². The number of amides is 4.